The molecule has 0 aromatic carbocycles. The van der Waals surface area contributed by atoms with E-state index in [1.165, 1.54) is 0 Å². The molecule has 22 heavy (non-hydrogen) atoms. The highest BCUT2D eigenvalue weighted by Crippen LogP contribution is 2.27. The van der Waals surface area contributed by atoms with Crippen LogP contribution in [0.4, 0.5) is 5.82 Å². The van der Waals surface area contributed by atoms with E-state index in [0.717, 1.165) is 18.5 Å². The van der Waals surface area contributed by atoms with E-state index in [4.69, 9.17) is 0 Å². The molecule has 0 amide bonds. The number of aryl methyl sites for hydroxylation is 1. The maximum atomic E-state index is 11.6. The van der Waals surface area contributed by atoms with Gasteiger partial charge in [-0.15, -0.1) is 10.2 Å². The van der Waals surface area contributed by atoms with Crippen molar-refractivity contribution in [3.05, 3.63) is 30.1 Å². The molecule has 118 valence electrons. The third-order valence-corrected chi connectivity index (χ3v) is 5.26. The van der Waals surface area contributed by atoms with Crippen LogP contribution in [-0.2, 0) is 10.0 Å². The zero-order valence-electron chi connectivity index (χ0n) is 12.2. The molecule has 0 bridgehead atoms. The minimum Gasteiger partial charge on any atom is -0.367 e. The SMILES string of the molecule is Cc1ccn(-c2ccc(NCCNS(=O)(=O)C3CC3)nn2)n1. The van der Waals surface area contributed by atoms with E-state index in [2.05, 4.69) is 25.3 Å². The molecule has 2 aromatic heterocycles. The van der Waals surface area contributed by atoms with Crippen LogP contribution >= 0.6 is 0 Å². The van der Waals surface area contributed by atoms with Crippen LogP contribution in [0.2, 0.25) is 0 Å². The lowest BCUT2D eigenvalue weighted by Crippen LogP contribution is -2.31. The van der Waals surface area contributed by atoms with Crippen molar-refractivity contribution in [3.63, 3.8) is 0 Å². The van der Waals surface area contributed by atoms with Gasteiger partial charge in [0.05, 0.1) is 10.9 Å². The molecule has 9 heteroatoms. The van der Waals surface area contributed by atoms with Crippen LogP contribution < -0.4 is 10.0 Å². The summed E-state index contributed by atoms with van der Waals surface area (Å²) in [6.45, 7) is 2.70. The zero-order chi connectivity index (χ0) is 15.6. The molecule has 2 aromatic rings. The molecule has 0 radical (unpaired) electrons. The van der Waals surface area contributed by atoms with Crippen molar-refractivity contribution in [2.24, 2.45) is 0 Å². The first-order valence-electron chi connectivity index (χ1n) is 7.13. The Labute approximate surface area is 129 Å². The number of aromatic nitrogens is 4. The maximum absolute atomic E-state index is 11.6. The molecular weight excluding hydrogens is 304 g/mol. The number of rotatable bonds is 7. The largest absolute Gasteiger partial charge is 0.367 e. The number of anilines is 1. The molecule has 1 fully saturated rings. The summed E-state index contributed by atoms with van der Waals surface area (Å²) in [4.78, 5) is 0. The lowest BCUT2D eigenvalue weighted by molar-refractivity contribution is 0.581. The number of hydrogen-bond donors (Lipinski definition) is 2. The summed E-state index contributed by atoms with van der Waals surface area (Å²) in [5.74, 6) is 1.23. The Hall–Kier alpha value is -2.00. The van der Waals surface area contributed by atoms with Crippen molar-refractivity contribution in [1.29, 1.82) is 0 Å². The molecule has 1 aliphatic carbocycles. The summed E-state index contributed by atoms with van der Waals surface area (Å²) in [5, 5.41) is 15.2. The van der Waals surface area contributed by atoms with Crippen molar-refractivity contribution in [2.75, 3.05) is 18.4 Å². The average molecular weight is 322 g/mol. The normalized spacial score (nSPS) is 15.0. The predicted molar refractivity (Wildman–Crippen MR) is 82.3 cm³/mol. The number of nitrogens with zero attached hydrogens (tertiary/aromatic N) is 4. The van der Waals surface area contributed by atoms with Gasteiger partial charge in [-0.2, -0.15) is 5.10 Å². The maximum Gasteiger partial charge on any atom is 0.214 e. The zero-order valence-corrected chi connectivity index (χ0v) is 13.0. The number of hydrogen-bond acceptors (Lipinski definition) is 6. The molecule has 3 rings (SSSR count). The van der Waals surface area contributed by atoms with Crippen LogP contribution in [0.25, 0.3) is 5.82 Å². The standard InChI is InChI=1S/C13H18N6O2S/c1-10-6-9-19(18-10)13-5-4-12(16-17-13)14-7-8-15-22(20,21)11-2-3-11/h4-6,9,11,15H,2-3,7-8H2,1H3,(H,14,16). The molecular formula is C13H18N6O2S. The topological polar surface area (TPSA) is 102 Å². The lowest BCUT2D eigenvalue weighted by atomic mass is 10.5. The van der Waals surface area contributed by atoms with Crippen LogP contribution in [0.5, 0.6) is 0 Å². The van der Waals surface area contributed by atoms with E-state index in [9.17, 15) is 8.42 Å². The fraction of sp³-hybridized carbons (Fsp3) is 0.462. The summed E-state index contributed by atoms with van der Waals surface area (Å²) in [6, 6.07) is 5.48. The van der Waals surface area contributed by atoms with E-state index in [1.807, 2.05) is 19.2 Å². The first-order valence-corrected chi connectivity index (χ1v) is 8.68. The second-order valence-electron chi connectivity index (χ2n) is 5.24. The first-order chi connectivity index (χ1) is 10.5. The second kappa shape index (κ2) is 6.01. The van der Waals surface area contributed by atoms with E-state index >= 15 is 0 Å². The highest BCUT2D eigenvalue weighted by Gasteiger charge is 2.35. The van der Waals surface area contributed by atoms with E-state index in [0.29, 0.717) is 24.7 Å². The van der Waals surface area contributed by atoms with Gasteiger partial charge in [0.25, 0.3) is 0 Å². The van der Waals surface area contributed by atoms with Crippen LogP contribution in [0, 0.1) is 6.92 Å². The quantitative estimate of drug-likeness (QED) is 0.718. The summed E-state index contributed by atoms with van der Waals surface area (Å²) in [7, 11) is -3.12. The Morgan fingerprint density at radius 3 is 2.64 bits per heavy atom. The van der Waals surface area contributed by atoms with Gasteiger partial charge >= 0.3 is 0 Å². The minimum atomic E-state index is -3.12. The second-order valence-corrected chi connectivity index (χ2v) is 7.29. The Kier molecular flexibility index (Phi) is 4.08. The van der Waals surface area contributed by atoms with Gasteiger partial charge < -0.3 is 5.32 Å². The molecule has 1 saturated carbocycles. The van der Waals surface area contributed by atoms with Crippen LogP contribution in [-0.4, -0.2) is 46.7 Å². The van der Waals surface area contributed by atoms with Crippen molar-refractivity contribution < 1.29 is 8.42 Å². The van der Waals surface area contributed by atoms with Gasteiger partial charge in [0.1, 0.15) is 5.82 Å². The Bertz CT molecular complexity index is 736. The molecule has 0 aliphatic heterocycles. The Morgan fingerprint density at radius 2 is 2.05 bits per heavy atom. The van der Waals surface area contributed by atoms with Gasteiger partial charge in [-0.3, -0.25) is 0 Å². The van der Waals surface area contributed by atoms with Crippen LogP contribution in [0.15, 0.2) is 24.4 Å². The summed E-state index contributed by atoms with van der Waals surface area (Å²) in [5.41, 5.74) is 0.909. The highest BCUT2D eigenvalue weighted by atomic mass is 32.2. The first kappa shape index (κ1) is 14.9. The lowest BCUT2D eigenvalue weighted by Gasteiger charge is -2.07. The monoisotopic (exact) mass is 322 g/mol. The van der Waals surface area contributed by atoms with Gasteiger partial charge in [-0.1, -0.05) is 0 Å². The van der Waals surface area contributed by atoms with Gasteiger partial charge in [0, 0.05) is 19.3 Å². The van der Waals surface area contributed by atoms with E-state index in [1.54, 1.807) is 16.8 Å². The van der Waals surface area contributed by atoms with E-state index in [-0.39, 0.29) is 5.25 Å². The average Bonchev–Trinajstić information content (AvgIpc) is 3.28. The minimum absolute atomic E-state index is 0.191. The van der Waals surface area contributed by atoms with Gasteiger partial charge in [-0.05, 0) is 38.0 Å². The van der Waals surface area contributed by atoms with Crippen molar-refractivity contribution in [1.82, 2.24) is 24.7 Å². The summed E-state index contributed by atoms with van der Waals surface area (Å²) in [6.07, 6.45) is 3.35. The van der Waals surface area contributed by atoms with Crippen molar-refractivity contribution in [2.45, 2.75) is 25.0 Å². The molecule has 2 N–H and O–H groups in total. The van der Waals surface area contributed by atoms with Gasteiger partial charge in [-0.25, -0.2) is 17.8 Å². The summed E-state index contributed by atoms with van der Waals surface area (Å²) >= 11 is 0. The fourth-order valence-corrected chi connectivity index (χ4v) is 3.34. The summed E-state index contributed by atoms with van der Waals surface area (Å²) < 4.78 is 27.5. The Morgan fingerprint density at radius 1 is 1.23 bits per heavy atom. The smallest absolute Gasteiger partial charge is 0.214 e. The molecule has 1 aliphatic rings. The van der Waals surface area contributed by atoms with Crippen LogP contribution in [0.3, 0.4) is 0 Å². The van der Waals surface area contributed by atoms with Gasteiger partial charge in [0.15, 0.2) is 5.82 Å². The molecule has 8 nitrogen and oxygen atoms in total. The Balaban J connectivity index is 1.49. The van der Waals surface area contributed by atoms with Crippen molar-refractivity contribution >= 4 is 15.8 Å². The molecule has 0 unspecified atom stereocenters. The number of sulfonamides is 1. The highest BCUT2D eigenvalue weighted by molar-refractivity contribution is 7.90. The number of nitrogens with one attached hydrogen (secondary N) is 2. The van der Waals surface area contributed by atoms with Crippen molar-refractivity contribution in [3.8, 4) is 5.82 Å². The van der Waals surface area contributed by atoms with Gasteiger partial charge in [0.2, 0.25) is 10.0 Å². The molecule has 0 saturated heterocycles. The molecule has 2 heterocycles. The van der Waals surface area contributed by atoms with E-state index < -0.39 is 10.0 Å². The van der Waals surface area contributed by atoms with Crippen LogP contribution in [0.1, 0.15) is 18.5 Å². The molecule has 0 spiro atoms. The fourth-order valence-electron chi connectivity index (χ4n) is 1.96. The predicted octanol–water partition coefficient (Wildman–Crippen LogP) is 0.464. The third-order valence-electron chi connectivity index (χ3n) is 3.31. The molecule has 0 atom stereocenters. The third kappa shape index (κ3) is 3.60.